The molecule has 0 radical (unpaired) electrons. The lowest BCUT2D eigenvalue weighted by molar-refractivity contribution is 0.582. The Morgan fingerprint density at radius 1 is 1.00 bits per heavy atom. The average molecular weight is 491 g/mol. The molecule has 4 aromatic rings. The van der Waals surface area contributed by atoms with E-state index in [0.29, 0.717) is 23.2 Å². The van der Waals surface area contributed by atoms with Gasteiger partial charge in [-0.25, -0.2) is 18.4 Å². The molecular weight excluding hydrogens is 464 g/mol. The summed E-state index contributed by atoms with van der Waals surface area (Å²) in [5.41, 5.74) is 9.51. The largest absolute Gasteiger partial charge is 0.414 e. The smallest absolute Gasteiger partial charge is 0.270 e. The molecule has 0 spiro atoms. The summed E-state index contributed by atoms with van der Waals surface area (Å²) >= 11 is 0. The van der Waals surface area contributed by atoms with Gasteiger partial charge < -0.3 is 15.5 Å². The number of rotatable bonds is 8. The van der Waals surface area contributed by atoms with Crippen molar-refractivity contribution in [3.63, 3.8) is 0 Å². The van der Waals surface area contributed by atoms with Crippen molar-refractivity contribution in [1.29, 1.82) is 0 Å². The van der Waals surface area contributed by atoms with Crippen LogP contribution in [0.15, 0.2) is 64.0 Å². The van der Waals surface area contributed by atoms with Gasteiger partial charge in [-0.3, -0.25) is 0 Å². The van der Waals surface area contributed by atoms with Crippen molar-refractivity contribution in [2.75, 3.05) is 5.73 Å². The van der Waals surface area contributed by atoms with Crippen molar-refractivity contribution in [3.8, 4) is 34.3 Å². The fourth-order valence-electron chi connectivity index (χ4n) is 3.53. The predicted molar refractivity (Wildman–Crippen MR) is 133 cm³/mol. The van der Waals surface area contributed by atoms with Crippen molar-refractivity contribution in [2.24, 2.45) is 0 Å². The van der Waals surface area contributed by atoms with E-state index in [1.54, 1.807) is 38.1 Å². The van der Waals surface area contributed by atoms with E-state index >= 15 is 0 Å². The van der Waals surface area contributed by atoms with Crippen molar-refractivity contribution in [3.05, 3.63) is 60.3 Å². The topological polar surface area (TPSA) is 137 Å². The van der Waals surface area contributed by atoms with E-state index in [4.69, 9.17) is 10.2 Å². The molecule has 10 heteroatoms. The molecule has 35 heavy (non-hydrogen) atoms. The van der Waals surface area contributed by atoms with E-state index in [1.807, 2.05) is 24.3 Å². The average Bonchev–Trinajstić information content (AvgIpc) is 3.57. The maximum atomic E-state index is 12.4. The highest BCUT2D eigenvalue weighted by Gasteiger charge is 2.21. The normalized spacial score (nSPS) is 13.9. The van der Waals surface area contributed by atoms with Crippen LogP contribution in [-0.4, -0.2) is 39.9 Å². The fraction of sp³-hybridized carbons (Fsp3) is 0.280. The predicted octanol–water partition coefficient (Wildman–Crippen LogP) is 3.88. The number of nitrogen functional groups attached to an aromatic ring is 1. The Hall–Kier alpha value is -3.63. The maximum absolute atomic E-state index is 12.4. The lowest BCUT2D eigenvalue weighted by Gasteiger charge is -2.09. The van der Waals surface area contributed by atoms with E-state index in [0.717, 1.165) is 12.1 Å². The third-order valence-electron chi connectivity index (χ3n) is 5.90. The SMILES string of the molecule is CC(C)S(=O)(=O)c1ccc(-c2cnc(N)c(-c3nnc(-c4ccc(CNC5CC5)cc4)o3)n2)cc1. The zero-order valence-electron chi connectivity index (χ0n) is 19.5. The van der Waals surface area contributed by atoms with Crippen LogP contribution in [0.5, 0.6) is 0 Å². The third kappa shape index (κ3) is 4.94. The Balaban J connectivity index is 1.37. The molecule has 1 aliphatic rings. The molecule has 0 unspecified atom stereocenters. The number of nitrogens with one attached hydrogen (secondary N) is 1. The number of nitrogens with zero attached hydrogens (tertiary/aromatic N) is 4. The highest BCUT2D eigenvalue weighted by Crippen LogP contribution is 2.29. The molecule has 2 aromatic carbocycles. The summed E-state index contributed by atoms with van der Waals surface area (Å²) < 4.78 is 30.6. The van der Waals surface area contributed by atoms with Crippen LogP contribution in [0.1, 0.15) is 32.3 Å². The van der Waals surface area contributed by atoms with Crippen molar-refractivity contribution < 1.29 is 12.8 Å². The number of aromatic nitrogens is 4. The van der Waals surface area contributed by atoms with Crippen LogP contribution in [0, 0.1) is 0 Å². The van der Waals surface area contributed by atoms with Crippen LogP contribution >= 0.6 is 0 Å². The minimum absolute atomic E-state index is 0.157. The molecule has 1 aliphatic carbocycles. The van der Waals surface area contributed by atoms with Gasteiger partial charge in [0.05, 0.1) is 22.0 Å². The Morgan fingerprint density at radius 2 is 1.66 bits per heavy atom. The molecule has 1 saturated carbocycles. The Bertz CT molecular complexity index is 1440. The van der Waals surface area contributed by atoms with Crippen molar-refractivity contribution >= 4 is 15.7 Å². The summed E-state index contributed by atoms with van der Waals surface area (Å²) in [6.07, 6.45) is 4.03. The summed E-state index contributed by atoms with van der Waals surface area (Å²) in [7, 11) is -3.36. The van der Waals surface area contributed by atoms with Crippen LogP contribution in [0.4, 0.5) is 5.82 Å². The zero-order chi connectivity index (χ0) is 24.6. The minimum atomic E-state index is -3.36. The maximum Gasteiger partial charge on any atom is 0.270 e. The quantitative estimate of drug-likeness (QED) is 0.377. The number of nitrogens with two attached hydrogens (primary N) is 1. The van der Waals surface area contributed by atoms with Crippen LogP contribution in [0.2, 0.25) is 0 Å². The van der Waals surface area contributed by atoms with Gasteiger partial charge in [-0.05, 0) is 56.5 Å². The van der Waals surface area contributed by atoms with Crippen LogP contribution in [-0.2, 0) is 16.4 Å². The number of hydrogen-bond donors (Lipinski definition) is 2. The highest BCUT2D eigenvalue weighted by molar-refractivity contribution is 7.92. The van der Waals surface area contributed by atoms with Crippen LogP contribution in [0.3, 0.4) is 0 Å². The fourth-order valence-corrected chi connectivity index (χ4v) is 4.59. The molecule has 3 N–H and O–H groups in total. The molecule has 5 rings (SSSR count). The Kier molecular flexibility index (Phi) is 6.08. The first-order chi connectivity index (χ1) is 16.8. The summed E-state index contributed by atoms with van der Waals surface area (Å²) in [5, 5.41) is 11.3. The second-order valence-electron chi connectivity index (χ2n) is 8.87. The zero-order valence-corrected chi connectivity index (χ0v) is 20.3. The monoisotopic (exact) mass is 490 g/mol. The molecule has 2 aromatic heterocycles. The van der Waals surface area contributed by atoms with Crippen molar-refractivity contribution in [1.82, 2.24) is 25.5 Å². The second kappa shape index (κ2) is 9.20. The highest BCUT2D eigenvalue weighted by atomic mass is 32.2. The van der Waals surface area contributed by atoms with Gasteiger partial charge in [-0.15, -0.1) is 10.2 Å². The standard InChI is InChI=1S/C25H26N6O3S/c1-15(2)35(32,33)20-11-7-17(8-12-20)21-14-28-23(26)22(29-21)25-31-30-24(34-25)18-5-3-16(4-6-18)13-27-19-9-10-19/h3-8,11-12,14-15,19,27H,9-10,13H2,1-2H3,(H2,26,28). The van der Waals surface area contributed by atoms with Gasteiger partial charge in [-0.2, -0.15) is 0 Å². The van der Waals surface area contributed by atoms with Gasteiger partial charge in [-0.1, -0.05) is 24.3 Å². The van der Waals surface area contributed by atoms with Gasteiger partial charge in [0.15, 0.2) is 21.3 Å². The molecule has 1 fully saturated rings. The molecular formula is C25H26N6O3S. The minimum Gasteiger partial charge on any atom is -0.414 e. The summed E-state index contributed by atoms with van der Waals surface area (Å²) in [5.74, 6) is 0.673. The van der Waals surface area contributed by atoms with E-state index in [-0.39, 0.29) is 22.3 Å². The lowest BCUT2D eigenvalue weighted by Crippen LogP contribution is -2.14. The van der Waals surface area contributed by atoms with Gasteiger partial charge >= 0.3 is 0 Å². The number of anilines is 1. The first-order valence-electron chi connectivity index (χ1n) is 11.4. The first kappa shape index (κ1) is 23.1. The van der Waals surface area contributed by atoms with Gasteiger partial charge in [0.25, 0.3) is 5.89 Å². The van der Waals surface area contributed by atoms with E-state index in [9.17, 15) is 8.42 Å². The molecule has 0 aliphatic heterocycles. The lowest BCUT2D eigenvalue weighted by atomic mass is 10.1. The van der Waals surface area contributed by atoms with E-state index < -0.39 is 15.1 Å². The third-order valence-corrected chi connectivity index (χ3v) is 8.07. The second-order valence-corrected chi connectivity index (χ2v) is 11.4. The summed E-state index contributed by atoms with van der Waals surface area (Å²) in [6.45, 7) is 4.14. The van der Waals surface area contributed by atoms with E-state index in [1.165, 1.54) is 24.6 Å². The Labute approximate surface area is 203 Å². The molecule has 0 atom stereocenters. The summed E-state index contributed by atoms with van der Waals surface area (Å²) in [4.78, 5) is 9.05. The van der Waals surface area contributed by atoms with E-state index in [2.05, 4.69) is 25.5 Å². The molecule has 180 valence electrons. The van der Waals surface area contributed by atoms with Crippen LogP contribution in [0.25, 0.3) is 34.3 Å². The number of benzene rings is 2. The number of sulfone groups is 1. The van der Waals surface area contributed by atoms with Gasteiger partial charge in [0.1, 0.15) is 0 Å². The molecule has 9 nitrogen and oxygen atoms in total. The molecule has 0 amide bonds. The van der Waals surface area contributed by atoms with Crippen molar-refractivity contribution in [2.45, 2.75) is 49.4 Å². The Morgan fingerprint density at radius 3 is 2.31 bits per heavy atom. The number of hydrogen-bond acceptors (Lipinski definition) is 9. The first-order valence-corrected chi connectivity index (χ1v) is 13.0. The molecule has 2 heterocycles. The summed E-state index contributed by atoms with van der Waals surface area (Å²) in [6, 6.07) is 15.1. The van der Waals surface area contributed by atoms with Gasteiger partial charge in [0.2, 0.25) is 5.89 Å². The van der Waals surface area contributed by atoms with Crippen LogP contribution < -0.4 is 11.1 Å². The van der Waals surface area contributed by atoms with Gasteiger partial charge in [0, 0.05) is 23.7 Å². The molecule has 0 bridgehead atoms. The molecule has 0 saturated heterocycles.